The van der Waals surface area contributed by atoms with E-state index in [0.29, 0.717) is 6.54 Å². The molecule has 0 spiro atoms. The number of halogens is 1. The van der Waals surface area contributed by atoms with Crippen molar-refractivity contribution in [2.24, 2.45) is 0 Å². The van der Waals surface area contributed by atoms with Gasteiger partial charge in [-0.05, 0) is 35.9 Å². The second-order valence-electron chi connectivity index (χ2n) is 5.38. The molecule has 4 nitrogen and oxygen atoms in total. The molecule has 0 unspecified atom stereocenters. The Morgan fingerprint density at radius 3 is 2.74 bits per heavy atom. The van der Waals surface area contributed by atoms with Crippen molar-refractivity contribution in [2.75, 3.05) is 43.6 Å². The normalized spacial score (nSPS) is 14.6. The molecule has 0 bridgehead atoms. The Morgan fingerprint density at radius 1 is 1.26 bits per heavy atom. The summed E-state index contributed by atoms with van der Waals surface area (Å²) in [6, 6.07) is 14.2. The molecule has 5 heteroatoms. The lowest BCUT2D eigenvalue weighted by Gasteiger charge is -2.28. The van der Waals surface area contributed by atoms with Crippen LogP contribution in [0.3, 0.4) is 0 Å². The molecule has 1 aliphatic rings. The third-order valence-corrected chi connectivity index (χ3v) is 3.86. The van der Waals surface area contributed by atoms with Crippen LogP contribution >= 0.6 is 0 Å². The maximum Gasteiger partial charge on any atom is 0.165 e. The van der Waals surface area contributed by atoms with Crippen LogP contribution in [0.15, 0.2) is 36.4 Å². The van der Waals surface area contributed by atoms with Crippen molar-refractivity contribution in [3.63, 3.8) is 0 Å². The fraction of sp³-hybridized carbons (Fsp3) is 0.333. The van der Waals surface area contributed by atoms with Gasteiger partial charge in [0.15, 0.2) is 11.6 Å². The van der Waals surface area contributed by atoms with Gasteiger partial charge in [0.05, 0.1) is 20.3 Å². The number of benzene rings is 2. The van der Waals surface area contributed by atoms with E-state index < -0.39 is 0 Å². The molecule has 1 fully saturated rings. The van der Waals surface area contributed by atoms with E-state index in [2.05, 4.69) is 16.3 Å². The molecule has 2 aromatic rings. The summed E-state index contributed by atoms with van der Waals surface area (Å²) in [6.07, 6.45) is 0. The number of hydrogen-bond donors (Lipinski definition) is 1. The van der Waals surface area contributed by atoms with Crippen molar-refractivity contribution >= 4 is 11.4 Å². The van der Waals surface area contributed by atoms with Crippen molar-refractivity contribution in [1.82, 2.24) is 0 Å². The van der Waals surface area contributed by atoms with Gasteiger partial charge in [0.1, 0.15) is 0 Å². The Hall–Kier alpha value is -2.27. The molecule has 0 aromatic heterocycles. The molecule has 3 rings (SSSR count). The summed E-state index contributed by atoms with van der Waals surface area (Å²) in [5, 5.41) is 3.27. The van der Waals surface area contributed by atoms with Crippen molar-refractivity contribution in [3.8, 4) is 5.75 Å². The molecule has 0 aliphatic carbocycles. The van der Waals surface area contributed by atoms with Crippen LogP contribution < -0.4 is 15.0 Å². The van der Waals surface area contributed by atoms with Gasteiger partial charge >= 0.3 is 0 Å². The topological polar surface area (TPSA) is 33.7 Å². The zero-order valence-electron chi connectivity index (χ0n) is 13.1. The molecule has 2 aromatic carbocycles. The lowest BCUT2D eigenvalue weighted by atomic mass is 10.2. The summed E-state index contributed by atoms with van der Waals surface area (Å²) in [4.78, 5) is 2.26. The van der Waals surface area contributed by atoms with Gasteiger partial charge in [-0.15, -0.1) is 0 Å². The minimum atomic E-state index is -0.346. The summed E-state index contributed by atoms with van der Waals surface area (Å²) < 4.78 is 23.9. The molecule has 23 heavy (non-hydrogen) atoms. The Morgan fingerprint density at radius 2 is 2.09 bits per heavy atom. The summed E-state index contributed by atoms with van der Waals surface area (Å²) >= 11 is 0. The van der Waals surface area contributed by atoms with Crippen molar-refractivity contribution in [1.29, 1.82) is 0 Å². The number of nitrogens with zero attached hydrogens (tertiary/aromatic N) is 1. The molecule has 0 saturated carbocycles. The van der Waals surface area contributed by atoms with Crippen LogP contribution in [0.5, 0.6) is 5.75 Å². The highest BCUT2D eigenvalue weighted by molar-refractivity contribution is 5.54. The number of rotatable bonds is 5. The van der Waals surface area contributed by atoms with Gasteiger partial charge < -0.3 is 19.7 Å². The number of morpholine rings is 1. The number of anilines is 2. The Bertz CT molecular complexity index is 640. The van der Waals surface area contributed by atoms with E-state index in [9.17, 15) is 4.39 Å². The van der Waals surface area contributed by atoms with Gasteiger partial charge in [-0.25, -0.2) is 4.39 Å². The Kier molecular flexibility index (Phi) is 4.98. The van der Waals surface area contributed by atoms with Crippen molar-refractivity contribution in [3.05, 3.63) is 53.8 Å². The zero-order valence-corrected chi connectivity index (χ0v) is 13.1. The van der Waals surface area contributed by atoms with E-state index in [1.54, 1.807) is 6.07 Å². The average Bonchev–Trinajstić information content (AvgIpc) is 2.61. The van der Waals surface area contributed by atoms with Crippen LogP contribution in [-0.4, -0.2) is 33.4 Å². The predicted molar refractivity (Wildman–Crippen MR) is 88.6 cm³/mol. The third kappa shape index (κ3) is 3.93. The van der Waals surface area contributed by atoms with Crippen molar-refractivity contribution < 1.29 is 13.9 Å². The Labute approximate surface area is 135 Å². The summed E-state index contributed by atoms with van der Waals surface area (Å²) in [6.45, 7) is 3.86. The van der Waals surface area contributed by atoms with E-state index in [4.69, 9.17) is 9.47 Å². The minimum Gasteiger partial charge on any atom is -0.494 e. The van der Waals surface area contributed by atoms with Gasteiger partial charge in [0.2, 0.25) is 0 Å². The van der Waals surface area contributed by atoms with Crippen LogP contribution in [0.1, 0.15) is 5.56 Å². The highest BCUT2D eigenvalue weighted by atomic mass is 19.1. The number of methoxy groups -OCH3 is 1. The van der Waals surface area contributed by atoms with E-state index in [-0.39, 0.29) is 11.6 Å². The first-order chi connectivity index (χ1) is 11.3. The first-order valence-corrected chi connectivity index (χ1v) is 7.67. The third-order valence-electron chi connectivity index (χ3n) is 3.86. The Balaban J connectivity index is 1.59. The van der Waals surface area contributed by atoms with E-state index >= 15 is 0 Å². The lowest BCUT2D eigenvalue weighted by molar-refractivity contribution is 0.122. The SMILES string of the molecule is COc1ccc(CNc2c[c]c(N3CCOCC3)cc2)cc1F. The summed E-state index contributed by atoms with van der Waals surface area (Å²) in [7, 11) is 1.46. The van der Waals surface area contributed by atoms with Crippen LogP contribution in [0.2, 0.25) is 0 Å². The fourth-order valence-electron chi connectivity index (χ4n) is 2.55. The van der Waals surface area contributed by atoms with Gasteiger partial charge in [-0.1, -0.05) is 6.07 Å². The molecular weight excluding hydrogens is 295 g/mol. The first kappa shape index (κ1) is 15.6. The van der Waals surface area contributed by atoms with Gasteiger partial charge in [-0.3, -0.25) is 0 Å². The molecule has 1 radical (unpaired) electrons. The van der Waals surface area contributed by atoms with E-state index in [0.717, 1.165) is 43.2 Å². The smallest absolute Gasteiger partial charge is 0.165 e. The molecule has 121 valence electrons. The molecule has 1 N–H and O–H groups in total. The first-order valence-electron chi connectivity index (χ1n) is 7.67. The predicted octanol–water partition coefficient (Wildman–Crippen LogP) is 3.08. The second-order valence-corrected chi connectivity index (χ2v) is 5.38. The molecule has 1 heterocycles. The van der Waals surface area contributed by atoms with E-state index in [1.807, 2.05) is 24.3 Å². The maximum atomic E-state index is 13.7. The molecule has 0 atom stereocenters. The van der Waals surface area contributed by atoms with E-state index in [1.165, 1.54) is 13.2 Å². The molecule has 0 amide bonds. The minimum absolute atomic E-state index is 0.261. The standard InChI is InChI=1S/C18H20FN2O2/c1-22-18-7-2-14(12-17(18)19)13-20-15-3-5-16(6-4-15)21-8-10-23-11-9-21/h2-5,7,12,20H,8-11,13H2,1H3. The lowest BCUT2D eigenvalue weighted by Crippen LogP contribution is -2.36. The largest absolute Gasteiger partial charge is 0.494 e. The van der Waals surface area contributed by atoms with Gasteiger partial charge in [-0.2, -0.15) is 0 Å². The monoisotopic (exact) mass is 315 g/mol. The van der Waals surface area contributed by atoms with Crippen LogP contribution in [0.4, 0.5) is 15.8 Å². The van der Waals surface area contributed by atoms with Gasteiger partial charge in [0.25, 0.3) is 0 Å². The molecule has 1 saturated heterocycles. The maximum absolute atomic E-state index is 13.7. The van der Waals surface area contributed by atoms with Crippen LogP contribution in [0.25, 0.3) is 0 Å². The molecule has 1 aliphatic heterocycles. The average molecular weight is 315 g/mol. The quantitative estimate of drug-likeness (QED) is 0.919. The number of nitrogens with one attached hydrogen (secondary N) is 1. The van der Waals surface area contributed by atoms with Crippen molar-refractivity contribution in [2.45, 2.75) is 6.54 Å². The summed E-state index contributed by atoms with van der Waals surface area (Å²) in [5.41, 5.74) is 2.90. The number of hydrogen-bond acceptors (Lipinski definition) is 4. The highest BCUT2D eigenvalue weighted by Crippen LogP contribution is 2.20. The fourth-order valence-corrected chi connectivity index (χ4v) is 2.55. The highest BCUT2D eigenvalue weighted by Gasteiger charge is 2.11. The van der Waals surface area contributed by atoms with Crippen LogP contribution in [-0.2, 0) is 11.3 Å². The van der Waals surface area contributed by atoms with Gasteiger partial charge in [0, 0.05) is 37.1 Å². The second kappa shape index (κ2) is 7.33. The molecular formula is C18H20FN2O2. The zero-order chi connectivity index (χ0) is 16.1. The number of ether oxygens (including phenoxy) is 2. The van der Waals surface area contributed by atoms with Crippen LogP contribution in [0, 0.1) is 11.9 Å². The summed E-state index contributed by atoms with van der Waals surface area (Å²) in [5.74, 6) is -0.0852.